The highest BCUT2D eigenvalue weighted by molar-refractivity contribution is 7.88. The molecule has 0 amide bonds. The number of halogens is 1. The zero-order valence-electron chi connectivity index (χ0n) is 16.1. The van der Waals surface area contributed by atoms with Crippen molar-refractivity contribution in [3.8, 4) is 17.1 Å². The Morgan fingerprint density at radius 2 is 1.83 bits per heavy atom. The van der Waals surface area contributed by atoms with Gasteiger partial charge in [-0.1, -0.05) is 23.4 Å². The van der Waals surface area contributed by atoms with E-state index in [0.29, 0.717) is 23.4 Å². The van der Waals surface area contributed by atoms with Crippen LogP contribution in [0.3, 0.4) is 0 Å². The molecule has 2 fully saturated rings. The fourth-order valence-electron chi connectivity index (χ4n) is 3.33. The Hall–Kier alpha value is -2.78. The minimum absolute atomic E-state index is 0.170. The predicted octanol–water partition coefficient (Wildman–Crippen LogP) is 3.35. The third kappa shape index (κ3) is 3.95. The van der Waals surface area contributed by atoms with Crippen molar-refractivity contribution in [1.82, 2.24) is 14.4 Å². The minimum atomic E-state index is -3.58. The van der Waals surface area contributed by atoms with Gasteiger partial charge in [-0.15, -0.1) is 0 Å². The van der Waals surface area contributed by atoms with Gasteiger partial charge in [0.15, 0.2) is 0 Å². The number of sulfonamides is 1. The number of hydrogen-bond acceptors (Lipinski definition) is 6. The first-order valence-corrected chi connectivity index (χ1v) is 11.4. The highest BCUT2D eigenvalue weighted by Gasteiger charge is 2.37. The van der Waals surface area contributed by atoms with Gasteiger partial charge in [0.25, 0.3) is 0 Å². The normalized spacial score (nSPS) is 17.6. The second-order valence-corrected chi connectivity index (χ2v) is 9.63. The van der Waals surface area contributed by atoms with Crippen LogP contribution in [-0.4, -0.2) is 42.1 Å². The standard InChI is InChI=1S/C21H20FN3O4S/c22-19-4-2-1-3-16(19)13-30(26,27)25-11-18(12-25)28-17-9-7-14(8-10-17)20-23-21(29-24-20)15-5-6-15/h1-4,7-10,15,18H,5-6,11-13H2. The van der Waals surface area contributed by atoms with E-state index in [4.69, 9.17) is 9.26 Å². The molecule has 0 spiro atoms. The van der Waals surface area contributed by atoms with Gasteiger partial charge in [0.05, 0.1) is 18.8 Å². The maximum atomic E-state index is 13.7. The predicted molar refractivity (Wildman–Crippen MR) is 107 cm³/mol. The number of nitrogens with zero attached hydrogens (tertiary/aromatic N) is 3. The fraction of sp³-hybridized carbons (Fsp3) is 0.333. The molecule has 1 aromatic heterocycles. The molecule has 2 aliphatic rings. The Morgan fingerprint density at radius 1 is 1.10 bits per heavy atom. The van der Waals surface area contributed by atoms with Gasteiger partial charge in [-0.3, -0.25) is 0 Å². The molecule has 0 N–H and O–H groups in total. The van der Waals surface area contributed by atoms with Gasteiger partial charge < -0.3 is 9.26 Å². The van der Waals surface area contributed by atoms with Crippen molar-refractivity contribution >= 4 is 10.0 Å². The van der Waals surface area contributed by atoms with Crippen LogP contribution < -0.4 is 4.74 Å². The molecule has 2 aromatic carbocycles. The third-order valence-electron chi connectivity index (χ3n) is 5.29. The molecule has 30 heavy (non-hydrogen) atoms. The lowest BCUT2D eigenvalue weighted by Gasteiger charge is -2.37. The summed E-state index contributed by atoms with van der Waals surface area (Å²) in [6.07, 6.45) is 1.96. The van der Waals surface area contributed by atoms with Crippen LogP contribution in [0.2, 0.25) is 0 Å². The van der Waals surface area contributed by atoms with E-state index in [1.165, 1.54) is 22.5 Å². The molecule has 0 bridgehead atoms. The van der Waals surface area contributed by atoms with Gasteiger partial charge in [0, 0.05) is 17.0 Å². The van der Waals surface area contributed by atoms with Crippen molar-refractivity contribution in [2.75, 3.05) is 13.1 Å². The van der Waals surface area contributed by atoms with E-state index in [1.807, 2.05) is 12.1 Å². The van der Waals surface area contributed by atoms with Crippen LogP contribution in [0.25, 0.3) is 11.4 Å². The summed E-state index contributed by atoms with van der Waals surface area (Å²) in [5.41, 5.74) is 1.00. The van der Waals surface area contributed by atoms with E-state index < -0.39 is 15.8 Å². The summed E-state index contributed by atoms with van der Waals surface area (Å²) in [6, 6.07) is 13.2. The fourth-order valence-corrected chi connectivity index (χ4v) is 4.93. The maximum Gasteiger partial charge on any atom is 0.230 e. The Kier molecular flexibility index (Phi) is 4.79. The van der Waals surface area contributed by atoms with Crippen LogP contribution in [0.15, 0.2) is 53.1 Å². The first kappa shape index (κ1) is 19.2. The lowest BCUT2D eigenvalue weighted by molar-refractivity contribution is 0.0761. The second-order valence-electron chi connectivity index (χ2n) is 7.66. The Bertz CT molecular complexity index is 1150. The molecule has 0 radical (unpaired) electrons. The van der Waals surface area contributed by atoms with Crippen molar-refractivity contribution in [3.05, 3.63) is 65.8 Å². The van der Waals surface area contributed by atoms with E-state index in [2.05, 4.69) is 10.1 Å². The molecule has 2 heterocycles. The van der Waals surface area contributed by atoms with Crippen molar-refractivity contribution in [2.24, 2.45) is 0 Å². The lowest BCUT2D eigenvalue weighted by atomic mass is 10.2. The molecule has 1 saturated carbocycles. The molecule has 7 nitrogen and oxygen atoms in total. The van der Waals surface area contributed by atoms with Crippen molar-refractivity contribution in [2.45, 2.75) is 30.6 Å². The van der Waals surface area contributed by atoms with Crippen LogP contribution in [0.4, 0.5) is 4.39 Å². The highest BCUT2D eigenvalue weighted by atomic mass is 32.2. The molecular formula is C21H20FN3O4S. The largest absolute Gasteiger partial charge is 0.488 e. The summed E-state index contributed by atoms with van der Waals surface area (Å²) in [5, 5.41) is 4.02. The van der Waals surface area contributed by atoms with Gasteiger partial charge in [0.1, 0.15) is 17.7 Å². The summed E-state index contributed by atoms with van der Waals surface area (Å²) in [5.74, 6) is 1.43. The number of benzene rings is 2. The number of aromatic nitrogens is 2. The van der Waals surface area contributed by atoms with Crippen molar-refractivity contribution in [1.29, 1.82) is 0 Å². The summed E-state index contributed by atoms with van der Waals surface area (Å²) < 4.78 is 51.1. The molecule has 0 unspecified atom stereocenters. The average molecular weight is 429 g/mol. The van der Waals surface area contributed by atoms with E-state index in [-0.39, 0.29) is 30.5 Å². The van der Waals surface area contributed by atoms with Crippen LogP contribution in [0.5, 0.6) is 5.75 Å². The summed E-state index contributed by atoms with van der Waals surface area (Å²) in [4.78, 5) is 4.42. The molecule has 0 atom stereocenters. The van der Waals surface area contributed by atoms with Crippen LogP contribution >= 0.6 is 0 Å². The number of rotatable bonds is 7. The number of ether oxygens (including phenoxy) is 1. The van der Waals surface area contributed by atoms with Crippen molar-refractivity contribution in [3.63, 3.8) is 0 Å². The van der Waals surface area contributed by atoms with E-state index >= 15 is 0 Å². The van der Waals surface area contributed by atoms with E-state index in [0.717, 1.165) is 18.4 Å². The molecular weight excluding hydrogens is 409 g/mol. The van der Waals surface area contributed by atoms with Crippen molar-refractivity contribution < 1.29 is 22.1 Å². The second kappa shape index (κ2) is 7.48. The summed E-state index contributed by atoms with van der Waals surface area (Å²) in [7, 11) is -3.58. The maximum absolute atomic E-state index is 13.7. The van der Waals surface area contributed by atoms with Crippen LogP contribution in [0.1, 0.15) is 30.2 Å². The quantitative estimate of drug-likeness (QED) is 0.573. The number of hydrogen-bond donors (Lipinski definition) is 0. The zero-order valence-corrected chi connectivity index (χ0v) is 16.9. The molecule has 5 rings (SSSR count). The van der Waals surface area contributed by atoms with E-state index in [9.17, 15) is 12.8 Å². The highest BCUT2D eigenvalue weighted by Crippen LogP contribution is 2.39. The van der Waals surface area contributed by atoms with Gasteiger partial charge in [-0.25, -0.2) is 12.8 Å². The monoisotopic (exact) mass is 429 g/mol. The molecule has 9 heteroatoms. The van der Waals surface area contributed by atoms with Gasteiger partial charge in [0.2, 0.25) is 21.7 Å². The zero-order chi connectivity index (χ0) is 20.7. The minimum Gasteiger partial charge on any atom is -0.488 e. The van der Waals surface area contributed by atoms with E-state index in [1.54, 1.807) is 18.2 Å². The first-order chi connectivity index (χ1) is 14.5. The molecule has 3 aromatic rings. The first-order valence-electron chi connectivity index (χ1n) is 9.80. The molecule has 1 aliphatic heterocycles. The topological polar surface area (TPSA) is 85.5 Å². The Morgan fingerprint density at radius 3 is 2.53 bits per heavy atom. The molecule has 1 saturated heterocycles. The average Bonchev–Trinajstić information content (AvgIpc) is 3.43. The van der Waals surface area contributed by atoms with Gasteiger partial charge in [-0.2, -0.15) is 9.29 Å². The third-order valence-corrected chi connectivity index (χ3v) is 7.05. The van der Waals surface area contributed by atoms with Gasteiger partial charge >= 0.3 is 0 Å². The summed E-state index contributed by atoms with van der Waals surface area (Å²) in [6.45, 7) is 0.488. The van der Waals surface area contributed by atoms with Gasteiger partial charge in [-0.05, 0) is 43.2 Å². The smallest absolute Gasteiger partial charge is 0.230 e. The summed E-state index contributed by atoms with van der Waals surface area (Å²) >= 11 is 0. The Labute approximate surface area is 173 Å². The molecule has 156 valence electrons. The lowest BCUT2D eigenvalue weighted by Crippen LogP contribution is -2.56. The van der Waals surface area contributed by atoms with Crippen LogP contribution in [-0.2, 0) is 15.8 Å². The Balaban J connectivity index is 1.16. The SMILES string of the molecule is O=S(=O)(Cc1ccccc1F)N1CC(Oc2ccc(-c3noc(C4CC4)n3)cc2)C1. The molecule has 1 aliphatic carbocycles. The van der Waals surface area contributed by atoms with Crippen LogP contribution in [0, 0.1) is 5.82 Å².